The fraction of sp³-hybridized carbons (Fsp3) is 0. The van der Waals surface area contributed by atoms with Crippen LogP contribution in [0.3, 0.4) is 0 Å². The van der Waals surface area contributed by atoms with Crippen LogP contribution in [0.1, 0.15) is 5.56 Å². The van der Waals surface area contributed by atoms with Crippen LogP contribution in [0.4, 0.5) is 0 Å². The highest BCUT2D eigenvalue weighted by Gasteiger charge is 2.18. The molecule has 48 heavy (non-hydrogen) atoms. The molecule has 10 rings (SSSR count). The van der Waals surface area contributed by atoms with Crippen molar-refractivity contribution < 1.29 is 0 Å². The summed E-state index contributed by atoms with van der Waals surface area (Å²) < 4.78 is 4.77. The number of para-hydroxylation sites is 3. The highest BCUT2D eigenvalue weighted by molar-refractivity contribution is 6.17. The Hall–Kier alpha value is -6.63. The molecule has 8 aromatic carbocycles. The molecule has 0 saturated carbocycles. The summed E-state index contributed by atoms with van der Waals surface area (Å²) >= 11 is 0. The topological polar surface area (TPSA) is 33.6 Å². The lowest BCUT2D eigenvalue weighted by Crippen LogP contribution is -1.94. The van der Waals surface area contributed by atoms with Crippen LogP contribution in [0.5, 0.6) is 0 Å². The summed E-state index contributed by atoms with van der Waals surface area (Å²) in [7, 11) is 0. The Labute approximate surface area is 276 Å². The molecule has 2 heterocycles. The summed E-state index contributed by atoms with van der Waals surface area (Å²) in [6.45, 7) is 0. The summed E-state index contributed by atoms with van der Waals surface area (Å²) in [5, 5.41) is 19.0. The lowest BCUT2D eigenvalue weighted by atomic mass is 9.98. The first-order valence-corrected chi connectivity index (χ1v) is 16.2. The molecule has 0 radical (unpaired) electrons. The van der Waals surface area contributed by atoms with E-state index in [2.05, 4.69) is 167 Å². The molecule has 0 amide bonds. The lowest BCUT2D eigenvalue weighted by molar-refractivity contribution is 1.18. The van der Waals surface area contributed by atoms with E-state index in [9.17, 15) is 5.26 Å². The summed E-state index contributed by atoms with van der Waals surface area (Å²) in [5.74, 6) is 0. The van der Waals surface area contributed by atoms with E-state index in [1.54, 1.807) is 0 Å². The third-order valence-corrected chi connectivity index (χ3v) is 9.90. The van der Waals surface area contributed by atoms with Gasteiger partial charge in [-0.3, -0.25) is 0 Å². The molecule has 0 aliphatic carbocycles. The van der Waals surface area contributed by atoms with E-state index in [-0.39, 0.29) is 0 Å². The normalized spacial score (nSPS) is 11.7. The van der Waals surface area contributed by atoms with Crippen molar-refractivity contribution in [2.75, 3.05) is 0 Å². The highest BCUT2D eigenvalue weighted by Crippen LogP contribution is 2.41. The second kappa shape index (κ2) is 10.2. The first-order valence-electron chi connectivity index (χ1n) is 16.2. The Morgan fingerprint density at radius 2 is 1.04 bits per heavy atom. The smallest absolute Gasteiger partial charge is 0.0991 e. The molecule has 0 unspecified atom stereocenters. The van der Waals surface area contributed by atoms with Crippen LogP contribution < -0.4 is 0 Å². The molecule has 2 aromatic heterocycles. The van der Waals surface area contributed by atoms with Gasteiger partial charge in [0.05, 0.1) is 33.7 Å². The van der Waals surface area contributed by atoms with Crippen LogP contribution in [-0.2, 0) is 0 Å². The molecule has 222 valence electrons. The molecular formula is C45H27N3. The first-order chi connectivity index (χ1) is 23.8. The zero-order chi connectivity index (χ0) is 31.8. The van der Waals surface area contributed by atoms with Gasteiger partial charge in [0.2, 0.25) is 0 Å². The van der Waals surface area contributed by atoms with Crippen LogP contribution in [-0.4, -0.2) is 9.13 Å². The number of hydrogen-bond acceptors (Lipinski definition) is 1. The average Bonchev–Trinajstić information content (AvgIpc) is 3.67. The fourth-order valence-electron chi connectivity index (χ4n) is 7.80. The molecular weight excluding hydrogens is 583 g/mol. The van der Waals surface area contributed by atoms with E-state index >= 15 is 0 Å². The standard InChI is InChI=1S/C45H27N3/c46-28-29-17-22-35-30(25-29)18-19-31-26-34(21-23-36(31)35)48-41-14-6-4-11-38(41)40-27-32(20-24-43(40)48)37-13-8-16-44-45(37)39-12-5-7-15-42(39)47(44)33-9-2-1-3-10-33/h1-27H. The van der Waals surface area contributed by atoms with Crippen LogP contribution in [0.15, 0.2) is 164 Å². The van der Waals surface area contributed by atoms with Gasteiger partial charge in [0.25, 0.3) is 0 Å². The highest BCUT2D eigenvalue weighted by atomic mass is 15.0. The minimum atomic E-state index is 0.682. The zero-order valence-corrected chi connectivity index (χ0v) is 25.9. The van der Waals surface area contributed by atoms with Gasteiger partial charge in [-0.25, -0.2) is 0 Å². The summed E-state index contributed by atoms with van der Waals surface area (Å²) in [5.41, 5.74) is 10.2. The Morgan fingerprint density at radius 1 is 0.396 bits per heavy atom. The van der Waals surface area contributed by atoms with Crippen LogP contribution in [0.25, 0.3) is 87.7 Å². The minimum Gasteiger partial charge on any atom is -0.309 e. The molecule has 0 aliphatic heterocycles. The van der Waals surface area contributed by atoms with E-state index in [0.717, 1.165) is 22.1 Å². The quantitative estimate of drug-likeness (QED) is 0.183. The van der Waals surface area contributed by atoms with Gasteiger partial charge in [0.15, 0.2) is 0 Å². The van der Waals surface area contributed by atoms with Crippen molar-refractivity contribution in [3.05, 3.63) is 169 Å². The molecule has 0 atom stereocenters. The van der Waals surface area contributed by atoms with Crippen molar-refractivity contribution in [3.8, 4) is 28.6 Å². The lowest BCUT2D eigenvalue weighted by Gasteiger charge is -2.11. The maximum absolute atomic E-state index is 9.39. The summed E-state index contributed by atoms with van der Waals surface area (Å²) in [6.07, 6.45) is 0. The van der Waals surface area contributed by atoms with Crippen molar-refractivity contribution in [2.45, 2.75) is 0 Å². The minimum absolute atomic E-state index is 0.682. The first kappa shape index (κ1) is 26.6. The van der Waals surface area contributed by atoms with Gasteiger partial charge < -0.3 is 9.13 Å². The maximum Gasteiger partial charge on any atom is 0.0991 e. The van der Waals surface area contributed by atoms with Gasteiger partial charge in [-0.15, -0.1) is 0 Å². The Morgan fingerprint density at radius 3 is 1.85 bits per heavy atom. The van der Waals surface area contributed by atoms with Crippen LogP contribution in [0.2, 0.25) is 0 Å². The molecule has 0 fully saturated rings. The molecule has 0 N–H and O–H groups in total. The number of rotatable bonds is 3. The average molecular weight is 610 g/mol. The molecule has 0 aliphatic rings. The van der Waals surface area contributed by atoms with E-state index in [1.807, 2.05) is 12.1 Å². The van der Waals surface area contributed by atoms with Gasteiger partial charge >= 0.3 is 0 Å². The number of benzene rings is 8. The van der Waals surface area contributed by atoms with E-state index in [0.29, 0.717) is 5.56 Å². The predicted molar refractivity (Wildman–Crippen MR) is 200 cm³/mol. The molecule has 0 bridgehead atoms. The fourth-order valence-corrected chi connectivity index (χ4v) is 7.80. The largest absolute Gasteiger partial charge is 0.309 e. The van der Waals surface area contributed by atoms with Gasteiger partial charge in [-0.1, -0.05) is 97.1 Å². The maximum atomic E-state index is 9.39. The molecule has 0 saturated heterocycles. The monoisotopic (exact) mass is 609 g/mol. The van der Waals surface area contributed by atoms with Crippen molar-refractivity contribution in [1.29, 1.82) is 5.26 Å². The second-order valence-corrected chi connectivity index (χ2v) is 12.5. The van der Waals surface area contributed by atoms with Crippen molar-refractivity contribution >= 4 is 65.2 Å². The van der Waals surface area contributed by atoms with Gasteiger partial charge in [0, 0.05) is 32.9 Å². The van der Waals surface area contributed by atoms with Gasteiger partial charge in [0.1, 0.15) is 0 Å². The third-order valence-electron chi connectivity index (χ3n) is 9.90. The summed E-state index contributed by atoms with van der Waals surface area (Å²) in [4.78, 5) is 0. The van der Waals surface area contributed by atoms with E-state index in [4.69, 9.17) is 0 Å². The summed E-state index contributed by atoms with van der Waals surface area (Å²) in [6, 6.07) is 60.9. The zero-order valence-electron chi connectivity index (χ0n) is 25.9. The molecule has 0 spiro atoms. The third kappa shape index (κ3) is 3.81. The van der Waals surface area contributed by atoms with Gasteiger partial charge in [-0.2, -0.15) is 5.26 Å². The van der Waals surface area contributed by atoms with Crippen molar-refractivity contribution in [1.82, 2.24) is 9.13 Å². The van der Waals surface area contributed by atoms with Crippen molar-refractivity contribution in [3.63, 3.8) is 0 Å². The Balaban J connectivity index is 1.19. The molecule has 10 aromatic rings. The molecule has 3 nitrogen and oxygen atoms in total. The van der Waals surface area contributed by atoms with E-state index < -0.39 is 0 Å². The Bertz CT molecular complexity index is 2950. The number of aromatic nitrogens is 2. The molecule has 3 heteroatoms. The van der Waals surface area contributed by atoms with Gasteiger partial charge in [-0.05, 0) is 99.4 Å². The van der Waals surface area contributed by atoms with Crippen LogP contribution in [0, 0.1) is 11.3 Å². The second-order valence-electron chi connectivity index (χ2n) is 12.5. The van der Waals surface area contributed by atoms with E-state index in [1.165, 1.54) is 65.5 Å². The number of fused-ring (bicyclic) bond motifs is 9. The van der Waals surface area contributed by atoms with Crippen molar-refractivity contribution in [2.24, 2.45) is 0 Å². The number of hydrogen-bond donors (Lipinski definition) is 0. The SMILES string of the molecule is N#Cc1ccc2c(ccc3cc(-n4c5ccccc5c5cc(-c6cccc7c6c6ccccc6n7-c6ccccc6)ccc54)ccc32)c1. The number of nitrogens with zero attached hydrogens (tertiary/aromatic N) is 3. The number of nitriles is 1. The Kier molecular flexibility index (Phi) is 5.64. The predicted octanol–water partition coefficient (Wildman–Crippen LogP) is 11.7. The van der Waals surface area contributed by atoms with Crippen LogP contribution >= 0.6 is 0 Å².